The van der Waals surface area contributed by atoms with Gasteiger partial charge in [0.2, 0.25) is 0 Å². The van der Waals surface area contributed by atoms with Gasteiger partial charge in [0.25, 0.3) is 5.79 Å². The van der Waals surface area contributed by atoms with Crippen LogP contribution in [0, 0.1) is 0 Å². The summed E-state index contributed by atoms with van der Waals surface area (Å²) in [5.74, 6) is -1.94. The third-order valence-corrected chi connectivity index (χ3v) is 3.97. The third-order valence-electron chi connectivity index (χ3n) is 3.97. The first kappa shape index (κ1) is 20.6. The Labute approximate surface area is 145 Å². The average molecular weight is 337 g/mol. The van der Waals surface area contributed by atoms with Gasteiger partial charge >= 0.3 is 5.97 Å². The Morgan fingerprint density at radius 3 is 2.17 bits per heavy atom. The lowest BCUT2D eigenvalue weighted by Crippen LogP contribution is -2.60. The summed E-state index contributed by atoms with van der Waals surface area (Å²) in [6.45, 7) is 8.55. The van der Waals surface area contributed by atoms with Crippen molar-refractivity contribution in [3.8, 4) is 0 Å². The molecule has 0 amide bonds. The molecular formula is C19H31NO4. The zero-order valence-corrected chi connectivity index (χ0v) is 15.5. The standard InChI is InChI=1S/C19H31NO4/c1-6-12-17(20-15(4)16-13-10-9-11-14-16)19(23-7-2,24-8-3)18(21)22-5/h9-11,13-15,17,20H,6-8,12H2,1-5H3/t15-,17?/m0/s1. The molecule has 0 saturated carbocycles. The molecule has 1 rings (SSSR count). The fourth-order valence-electron chi connectivity index (χ4n) is 2.89. The highest BCUT2D eigenvalue weighted by atomic mass is 16.7. The number of ether oxygens (including phenoxy) is 3. The Morgan fingerprint density at radius 2 is 1.71 bits per heavy atom. The monoisotopic (exact) mass is 337 g/mol. The van der Waals surface area contributed by atoms with E-state index in [9.17, 15) is 4.79 Å². The molecule has 0 saturated heterocycles. The lowest BCUT2D eigenvalue weighted by atomic mass is 9.98. The predicted molar refractivity (Wildman–Crippen MR) is 94.7 cm³/mol. The van der Waals surface area contributed by atoms with Crippen LogP contribution in [0.4, 0.5) is 0 Å². The summed E-state index contributed by atoms with van der Waals surface area (Å²) in [4.78, 5) is 12.5. The molecule has 5 heteroatoms. The maximum atomic E-state index is 12.5. The van der Waals surface area contributed by atoms with E-state index in [-0.39, 0.29) is 12.1 Å². The van der Waals surface area contributed by atoms with Crippen LogP contribution in [0.1, 0.15) is 52.1 Å². The molecule has 0 aliphatic heterocycles. The molecule has 0 bridgehead atoms. The molecule has 136 valence electrons. The summed E-state index contributed by atoms with van der Waals surface area (Å²) >= 11 is 0. The quantitative estimate of drug-likeness (QED) is 0.495. The molecule has 0 spiro atoms. The fourth-order valence-corrected chi connectivity index (χ4v) is 2.89. The van der Waals surface area contributed by atoms with E-state index in [0.717, 1.165) is 18.4 Å². The molecule has 5 nitrogen and oxygen atoms in total. The van der Waals surface area contributed by atoms with Gasteiger partial charge in [0, 0.05) is 19.3 Å². The highest BCUT2D eigenvalue weighted by molar-refractivity contribution is 5.79. The van der Waals surface area contributed by atoms with Crippen LogP contribution in [0.15, 0.2) is 30.3 Å². The molecule has 1 aromatic rings. The SMILES string of the molecule is CCCC(N[C@@H](C)c1ccccc1)C(OCC)(OCC)C(=O)OC. The van der Waals surface area contributed by atoms with Gasteiger partial charge < -0.3 is 19.5 Å². The topological polar surface area (TPSA) is 56.8 Å². The van der Waals surface area contributed by atoms with Crippen molar-refractivity contribution >= 4 is 5.97 Å². The van der Waals surface area contributed by atoms with Crippen LogP contribution < -0.4 is 5.32 Å². The molecule has 0 aliphatic carbocycles. The summed E-state index contributed by atoms with van der Waals surface area (Å²) in [6.07, 6.45) is 1.62. The molecule has 0 radical (unpaired) electrons. The van der Waals surface area contributed by atoms with E-state index in [4.69, 9.17) is 14.2 Å². The van der Waals surface area contributed by atoms with Crippen molar-refractivity contribution in [2.24, 2.45) is 0 Å². The van der Waals surface area contributed by atoms with Crippen LogP contribution in [0.2, 0.25) is 0 Å². The van der Waals surface area contributed by atoms with Gasteiger partial charge in [-0.05, 0) is 32.8 Å². The molecule has 0 fully saturated rings. The average Bonchev–Trinajstić information content (AvgIpc) is 2.61. The highest BCUT2D eigenvalue weighted by Gasteiger charge is 2.49. The Balaban J connectivity index is 3.12. The van der Waals surface area contributed by atoms with Crippen LogP contribution in [0.5, 0.6) is 0 Å². The van der Waals surface area contributed by atoms with Gasteiger partial charge in [0.15, 0.2) is 0 Å². The number of nitrogens with one attached hydrogen (secondary N) is 1. The number of hydrogen-bond donors (Lipinski definition) is 1. The number of esters is 1. The molecule has 24 heavy (non-hydrogen) atoms. The molecule has 1 unspecified atom stereocenters. The third kappa shape index (κ3) is 5.03. The summed E-state index contributed by atoms with van der Waals surface area (Å²) < 4.78 is 16.6. The van der Waals surface area contributed by atoms with Crippen molar-refractivity contribution in [1.29, 1.82) is 0 Å². The molecule has 1 N–H and O–H groups in total. The molecule has 0 aliphatic rings. The number of rotatable bonds is 11. The lowest BCUT2D eigenvalue weighted by molar-refractivity contribution is -0.257. The summed E-state index contributed by atoms with van der Waals surface area (Å²) in [6, 6.07) is 9.84. The number of hydrogen-bond acceptors (Lipinski definition) is 5. The molecular weight excluding hydrogens is 306 g/mol. The fraction of sp³-hybridized carbons (Fsp3) is 0.632. The van der Waals surface area contributed by atoms with Crippen LogP contribution >= 0.6 is 0 Å². The molecule has 0 heterocycles. The van der Waals surface area contributed by atoms with Crippen molar-refractivity contribution in [2.45, 2.75) is 58.4 Å². The van der Waals surface area contributed by atoms with Crippen LogP contribution in [-0.2, 0) is 19.0 Å². The van der Waals surface area contributed by atoms with E-state index in [1.54, 1.807) is 0 Å². The van der Waals surface area contributed by atoms with E-state index >= 15 is 0 Å². The van der Waals surface area contributed by atoms with Crippen molar-refractivity contribution < 1.29 is 19.0 Å². The second-order valence-electron chi connectivity index (χ2n) is 5.67. The number of methoxy groups -OCH3 is 1. The largest absolute Gasteiger partial charge is 0.465 e. The molecule has 0 aromatic heterocycles. The molecule has 1 aromatic carbocycles. The maximum Gasteiger partial charge on any atom is 0.368 e. The van der Waals surface area contributed by atoms with E-state index < -0.39 is 11.8 Å². The first-order chi connectivity index (χ1) is 11.6. The second-order valence-corrected chi connectivity index (χ2v) is 5.67. The Kier molecular flexibility index (Phi) is 8.97. The van der Waals surface area contributed by atoms with E-state index in [1.165, 1.54) is 7.11 Å². The van der Waals surface area contributed by atoms with Gasteiger partial charge in [-0.25, -0.2) is 4.79 Å². The van der Waals surface area contributed by atoms with Gasteiger partial charge in [-0.2, -0.15) is 0 Å². The minimum Gasteiger partial charge on any atom is -0.465 e. The van der Waals surface area contributed by atoms with Gasteiger partial charge in [0.1, 0.15) is 0 Å². The van der Waals surface area contributed by atoms with Gasteiger partial charge in [-0.1, -0.05) is 43.7 Å². The predicted octanol–water partition coefficient (Wildman–Crippen LogP) is 3.45. The Morgan fingerprint density at radius 1 is 1.12 bits per heavy atom. The normalized spacial score (nSPS) is 14.2. The van der Waals surface area contributed by atoms with E-state index in [1.807, 2.05) is 32.0 Å². The van der Waals surface area contributed by atoms with Crippen molar-refractivity contribution in [3.05, 3.63) is 35.9 Å². The van der Waals surface area contributed by atoms with Crippen LogP contribution in [0.25, 0.3) is 0 Å². The molecule has 2 atom stereocenters. The summed E-state index contributed by atoms with van der Waals surface area (Å²) in [7, 11) is 1.36. The Bertz CT molecular complexity index is 472. The Hall–Kier alpha value is -1.43. The second kappa shape index (κ2) is 10.4. The summed E-state index contributed by atoms with van der Waals surface area (Å²) in [5, 5.41) is 3.51. The van der Waals surface area contributed by atoms with Gasteiger partial charge in [-0.3, -0.25) is 0 Å². The zero-order valence-electron chi connectivity index (χ0n) is 15.5. The number of carbonyl (C=O) groups is 1. The zero-order chi connectivity index (χ0) is 18.0. The lowest BCUT2D eigenvalue weighted by Gasteiger charge is -2.39. The smallest absolute Gasteiger partial charge is 0.368 e. The van der Waals surface area contributed by atoms with E-state index in [2.05, 4.69) is 31.3 Å². The number of carbonyl (C=O) groups excluding carboxylic acids is 1. The minimum absolute atomic E-state index is 0.0488. The van der Waals surface area contributed by atoms with Gasteiger partial charge in [-0.15, -0.1) is 0 Å². The first-order valence-corrected chi connectivity index (χ1v) is 8.72. The van der Waals surface area contributed by atoms with Crippen LogP contribution in [-0.4, -0.2) is 38.1 Å². The maximum absolute atomic E-state index is 12.5. The van der Waals surface area contributed by atoms with Crippen molar-refractivity contribution in [3.63, 3.8) is 0 Å². The van der Waals surface area contributed by atoms with E-state index in [0.29, 0.717) is 13.2 Å². The van der Waals surface area contributed by atoms with Crippen LogP contribution in [0.3, 0.4) is 0 Å². The first-order valence-electron chi connectivity index (χ1n) is 8.72. The number of benzene rings is 1. The summed E-state index contributed by atoms with van der Waals surface area (Å²) in [5.41, 5.74) is 1.14. The van der Waals surface area contributed by atoms with Crippen molar-refractivity contribution in [1.82, 2.24) is 5.32 Å². The van der Waals surface area contributed by atoms with Crippen molar-refractivity contribution in [2.75, 3.05) is 20.3 Å². The van der Waals surface area contributed by atoms with Gasteiger partial charge in [0.05, 0.1) is 13.2 Å². The minimum atomic E-state index is -1.43. The highest BCUT2D eigenvalue weighted by Crippen LogP contribution is 2.27.